The second kappa shape index (κ2) is 11.6. The third-order valence-electron chi connectivity index (χ3n) is 5.26. The summed E-state index contributed by atoms with van der Waals surface area (Å²) in [4.78, 5) is 35.9. The molecule has 0 aliphatic heterocycles. The van der Waals surface area contributed by atoms with Crippen LogP contribution in [0.15, 0.2) is 70.5 Å². The molecule has 0 radical (unpaired) electrons. The molecule has 3 atom stereocenters. The predicted octanol–water partition coefficient (Wildman–Crippen LogP) is 2.46. The van der Waals surface area contributed by atoms with Gasteiger partial charge in [-0.25, -0.2) is 35.9 Å². The lowest BCUT2D eigenvalue weighted by molar-refractivity contribution is -0.152. The van der Waals surface area contributed by atoms with E-state index in [0.29, 0.717) is 0 Å². The van der Waals surface area contributed by atoms with Crippen molar-refractivity contribution in [2.24, 2.45) is 0 Å². The molecule has 1 aliphatic rings. The van der Waals surface area contributed by atoms with E-state index in [0.717, 1.165) is 18.1 Å². The lowest BCUT2D eigenvalue weighted by atomic mass is 9.99. The number of ether oxygens (including phenoxy) is 3. The van der Waals surface area contributed by atoms with Crippen molar-refractivity contribution in [2.75, 3.05) is 0 Å². The molecule has 0 bridgehead atoms. The number of amides is 2. The molecule has 0 saturated carbocycles. The number of esters is 1. The largest absolute Gasteiger partial charge is 0.458 e. The van der Waals surface area contributed by atoms with Gasteiger partial charge in [0.05, 0.1) is 9.79 Å². The van der Waals surface area contributed by atoms with Gasteiger partial charge in [0.15, 0.2) is 6.10 Å². The fraction of sp³-hybridized carbons (Fsp3) is 0.292. The minimum Gasteiger partial charge on any atom is -0.458 e. The summed E-state index contributed by atoms with van der Waals surface area (Å²) >= 11 is 0. The first-order valence-corrected chi connectivity index (χ1v) is 14.2. The van der Waals surface area contributed by atoms with Crippen molar-refractivity contribution >= 4 is 38.2 Å². The van der Waals surface area contributed by atoms with E-state index in [-0.39, 0.29) is 16.2 Å². The van der Waals surface area contributed by atoms with Gasteiger partial charge in [-0.1, -0.05) is 35.4 Å². The maximum atomic E-state index is 12.4. The van der Waals surface area contributed by atoms with E-state index in [4.69, 9.17) is 14.2 Å². The monoisotopic (exact) mass is 566 g/mol. The van der Waals surface area contributed by atoms with Crippen molar-refractivity contribution in [3.05, 3.63) is 71.8 Å². The molecule has 0 saturated heterocycles. The standard InChI is InChI=1S/C24H26N2O10S2/c1-15-4-9-19(10-5-15)37(30,31)25-23(28)35-18-8-13-21(22(14-18)34-17(3)27)36-24(29)26-38(32,33)20-11-6-16(2)7-12-20/h4-13,18,21-22H,14H2,1-3H3,(H,25,28)(H,26,29)/t18-,21+,22+/m0/s1. The van der Waals surface area contributed by atoms with Crippen LogP contribution in [0.3, 0.4) is 0 Å². The van der Waals surface area contributed by atoms with Crippen molar-refractivity contribution in [1.29, 1.82) is 0 Å². The van der Waals surface area contributed by atoms with Crippen molar-refractivity contribution in [1.82, 2.24) is 9.44 Å². The number of carbonyl (C=O) groups excluding carboxylic acids is 3. The van der Waals surface area contributed by atoms with E-state index in [1.165, 1.54) is 36.4 Å². The maximum Gasteiger partial charge on any atom is 0.421 e. The molecule has 38 heavy (non-hydrogen) atoms. The number of hydrogen-bond acceptors (Lipinski definition) is 10. The zero-order valence-electron chi connectivity index (χ0n) is 20.6. The Hall–Kier alpha value is -3.91. The Morgan fingerprint density at radius 2 is 1.16 bits per heavy atom. The van der Waals surface area contributed by atoms with Gasteiger partial charge >= 0.3 is 18.2 Å². The number of sulfonamides is 2. The van der Waals surface area contributed by atoms with E-state index in [9.17, 15) is 31.2 Å². The minimum absolute atomic E-state index is 0.142. The van der Waals surface area contributed by atoms with Crippen LogP contribution in [0.5, 0.6) is 0 Å². The number of carbonyl (C=O) groups is 3. The highest BCUT2D eigenvalue weighted by atomic mass is 32.2. The van der Waals surface area contributed by atoms with Crippen LogP contribution in [-0.2, 0) is 39.1 Å². The van der Waals surface area contributed by atoms with Gasteiger partial charge in [0, 0.05) is 13.3 Å². The second-order valence-corrected chi connectivity index (χ2v) is 11.8. The first-order chi connectivity index (χ1) is 17.7. The van der Waals surface area contributed by atoms with Gasteiger partial charge in [-0.05, 0) is 50.3 Å². The second-order valence-electron chi connectivity index (χ2n) is 8.42. The topological polar surface area (TPSA) is 171 Å². The SMILES string of the molecule is CC(=O)O[C@@H]1C[C@@H](OC(=O)NS(=O)(=O)c2ccc(C)cc2)C=C[C@H]1OC(=O)NS(=O)(=O)c1ccc(C)cc1. The molecule has 2 aromatic rings. The highest BCUT2D eigenvalue weighted by molar-refractivity contribution is 7.90. The lowest BCUT2D eigenvalue weighted by Crippen LogP contribution is -2.43. The third-order valence-corrected chi connectivity index (χ3v) is 7.92. The fourth-order valence-corrected chi connectivity index (χ4v) is 5.17. The smallest absolute Gasteiger partial charge is 0.421 e. The van der Waals surface area contributed by atoms with Crippen LogP contribution in [-0.4, -0.2) is 53.3 Å². The number of hydrogen-bond donors (Lipinski definition) is 2. The van der Waals surface area contributed by atoms with E-state index >= 15 is 0 Å². The summed E-state index contributed by atoms with van der Waals surface area (Å²) in [6, 6.07) is 11.5. The molecule has 3 rings (SSSR count). The summed E-state index contributed by atoms with van der Waals surface area (Å²) in [7, 11) is -8.43. The van der Waals surface area contributed by atoms with Gasteiger partial charge in [-0.3, -0.25) is 4.79 Å². The molecule has 2 aromatic carbocycles. The van der Waals surface area contributed by atoms with Crippen LogP contribution < -0.4 is 9.44 Å². The molecule has 0 spiro atoms. The lowest BCUT2D eigenvalue weighted by Gasteiger charge is -2.30. The van der Waals surface area contributed by atoms with Gasteiger partial charge in [0.2, 0.25) is 0 Å². The fourth-order valence-electron chi connectivity index (χ4n) is 3.41. The number of rotatable bonds is 7. The number of aryl methyl sites for hydroxylation is 2. The summed E-state index contributed by atoms with van der Waals surface area (Å²) in [5.74, 6) is -0.739. The molecule has 0 unspecified atom stereocenters. The quantitative estimate of drug-likeness (QED) is 0.288. The molecule has 12 nitrogen and oxygen atoms in total. The van der Waals surface area contributed by atoms with Crippen LogP contribution >= 0.6 is 0 Å². The Kier molecular flexibility index (Phi) is 8.78. The third kappa shape index (κ3) is 7.79. The van der Waals surface area contributed by atoms with E-state index in [1.54, 1.807) is 47.6 Å². The minimum atomic E-state index is -4.23. The van der Waals surface area contributed by atoms with Gasteiger partial charge in [-0.2, -0.15) is 0 Å². The molecule has 204 valence electrons. The summed E-state index contributed by atoms with van der Waals surface area (Å²) < 4.78 is 68.6. The van der Waals surface area contributed by atoms with Crippen LogP contribution in [0.1, 0.15) is 24.5 Å². The maximum absolute atomic E-state index is 12.4. The van der Waals surface area contributed by atoms with Crippen molar-refractivity contribution in [3.63, 3.8) is 0 Å². The zero-order chi connectivity index (χ0) is 28.1. The molecule has 2 N–H and O–H groups in total. The first-order valence-electron chi connectivity index (χ1n) is 11.2. The van der Waals surface area contributed by atoms with Gasteiger partial charge in [0.1, 0.15) is 12.2 Å². The van der Waals surface area contributed by atoms with Crippen molar-refractivity contribution < 1.29 is 45.4 Å². The summed E-state index contributed by atoms with van der Waals surface area (Å²) in [6.07, 6.45) is -3.68. The number of nitrogens with one attached hydrogen (secondary N) is 2. The highest BCUT2D eigenvalue weighted by Gasteiger charge is 2.35. The Bertz CT molecular complexity index is 1430. The first kappa shape index (κ1) is 28.7. The van der Waals surface area contributed by atoms with Crippen LogP contribution in [0.2, 0.25) is 0 Å². The zero-order valence-corrected chi connectivity index (χ0v) is 22.2. The normalized spacial score (nSPS) is 19.2. The Morgan fingerprint density at radius 1 is 0.711 bits per heavy atom. The molecule has 0 aromatic heterocycles. The van der Waals surface area contributed by atoms with E-state index in [2.05, 4.69) is 0 Å². The average molecular weight is 567 g/mol. The Labute approximate surface area is 220 Å². The van der Waals surface area contributed by atoms with Gasteiger partial charge < -0.3 is 14.2 Å². The molecule has 0 heterocycles. The predicted molar refractivity (Wildman–Crippen MR) is 133 cm³/mol. The summed E-state index contributed by atoms with van der Waals surface area (Å²) in [5, 5.41) is 0. The van der Waals surface area contributed by atoms with Crippen LogP contribution in [0.4, 0.5) is 9.59 Å². The molecule has 2 amide bonds. The highest BCUT2D eigenvalue weighted by Crippen LogP contribution is 2.22. The van der Waals surface area contributed by atoms with Gasteiger partial charge in [0.25, 0.3) is 20.0 Å². The summed E-state index contributed by atoms with van der Waals surface area (Å²) in [6.45, 7) is 4.65. The molecule has 1 aliphatic carbocycles. The molecule has 0 fully saturated rings. The summed E-state index contributed by atoms with van der Waals surface area (Å²) in [5.41, 5.74) is 1.65. The molecule has 14 heteroatoms. The average Bonchev–Trinajstić information content (AvgIpc) is 2.80. The van der Waals surface area contributed by atoms with Crippen molar-refractivity contribution in [3.8, 4) is 0 Å². The molecular formula is C24H26N2O10S2. The Morgan fingerprint density at radius 3 is 1.61 bits per heavy atom. The van der Waals surface area contributed by atoms with Crippen LogP contribution in [0.25, 0.3) is 0 Å². The van der Waals surface area contributed by atoms with E-state index < -0.39 is 56.5 Å². The van der Waals surface area contributed by atoms with Crippen LogP contribution in [0, 0.1) is 13.8 Å². The van der Waals surface area contributed by atoms with Gasteiger partial charge in [-0.15, -0.1) is 0 Å². The molecular weight excluding hydrogens is 540 g/mol. The Balaban J connectivity index is 1.65. The van der Waals surface area contributed by atoms with E-state index in [1.807, 2.05) is 0 Å². The van der Waals surface area contributed by atoms with Crippen molar-refractivity contribution in [2.45, 2.75) is 55.3 Å². The number of benzene rings is 2.